The maximum atomic E-state index is 4.63. The van der Waals surface area contributed by atoms with E-state index in [1.807, 2.05) is 0 Å². The summed E-state index contributed by atoms with van der Waals surface area (Å²) in [5, 5.41) is 8.06. The van der Waals surface area contributed by atoms with Crippen molar-refractivity contribution in [2.24, 2.45) is 5.92 Å². The first-order valence-corrected chi connectivity index (χ1v) is 6.42. The molecule has 90 valence electrons. The van der Waals surface area contributed by atoms with Crippen LogP contribution in [0.1, 0.15) is 44.8 Å². The largest absolute Gasteiger partial charge is 0.317 e. The van der Waals surface area contributed by atoms with E-state index in [0.29, 0.717) is 12.1 Å². The van der Waals surface area contributed by atoms with E-state index in [1.165, 1.54) is 25.0 Å². The van der Waals surface area contributed by atoms with E-state index in [-0.39, 0.29) is 0 Å². The van der Waals surface area contributed by atoms with Gasteiger partial charge in [-0.3, -0.25) is 4.68 Å². The molecule has 3 heteroatoms. The molecule has 1 heterocycles. The second kappa shape index (κ2) is 5.00. The number of nitrogens with zero attached hydrogens (tertiary/aromatic N) is 2. The average Bonchev–Trinajstić information content (AvgIpc) is 2.87. The first-order chi connectivity index (χ1) is 7.70. The molecule has 2 atom stereocenters. The number of aromatic nitrogens is 2. The summed E-state index contributed by atoms with van der Waals surface area (Å²) in [6.07, 6.45) is 7.27. The average molecular weight is 221 g/mol. The molecular formula is C13H23N3. The summed E-state index contributed by atoms with van der Waals surface area (Å²) in [6, 6.07) is 3.34. The molecule has 2 rings (SSSR count). The van der Waals surface area contributed by atoms with Crippen LogP contribution in [-0.4, -0.2) is 22.9 Å². The molecule has 1 aromatic heterocycles. The monoisotopic (exact) mass is 221 g/mol. The molecule has 0 aromatic carbocycles. The second-order valence-electron chi connectivity index (χ2n) is 5.17. The van der Waals surface area contributed by atoms with E-state index in [1.54, 1.807) is 0 Å². The molecule has 1 fully saturated rings. The smallest absolute Gasteiger partial charge is 0.0628 e. The summed E-state index contributed by atoms with van der Waals surface area (Å²) >= 11 is 0. The molecule has 1 N–H and O–H groups in total. The van der Waals surface area contributed by atoms with Gasteiger partial charge in [0.1, 0.15) is 0 Å². The minimum Gasteiger partial charge on any atom is -0.317 e. The van der Waals surface area contributed by atoms with Crippen molar-refractivity contribution in [2.75, 3.05) is 7.05 Å². The fourth-order valence-corrected chi connectivity index (χ4v) is 2.70. The molecule has 1 aromatic rings. The van der Waals surface area contributed by atoms with Crippen LogP contribution in [0, 0.1) is 5.92 Å². The van der Waals surface area contributed by atoms with Crippen molar-refractivity contribution >= 4 is 0 Å². The molecule has 3 nitrogen and oxygen atoms in total. The Morgan fingerprint density at radius 3 is 2.94 bits per heavy atom. The van der Waals surface area contributed by atoms with E-state index >= 15 is 0 Å². The van der Waals surface area contributed by atoms with Gasteiger partial charge in [-0.25, -0.2) is 0 Å². The molecule has 0 saturated heterocycles. The quantitative estimate of drug-likeness (QED) is 0.846. The highest BCUT2D eigenvalue weighted by molar-refractivity contribution is 5.03. The number of hydrogen-bond donors (Lipinski definition) is 1. The second-order valence-corrected chi connectivity index (χ2v) is 5.17. The number of nitrogens with one attached hydrogen (secondary N) is 1. The van der Waals surface area contributed by atoms with Crippen molar-refractivity contribution in [3.8, 4) is 0 Å². The van der Waals surface area contributed by atoms with Gasteiger partial charge in [-0.2, -0.15) is 5.10 Å². The van der Waals surface area contributed by atoms with Crippen LogP contribution in [0.3, 0.4) is 0 Å². The first kappa shape index (κ1) is 11.6. The lowest BCUT2D eigenvalue weighted by Crippen LogP contribution is -2.30. The maximum Gasteiger partial charge on any atom is 0.0628 e. The third-order valence-corrected chi connectivity index (χ3v) is 3.69. The lowest BCUT2D eigenvalue weighted by molar-refractivity contribution is 0.416. The molecule has 0 spiro atoms. The van der Waals surface area contributed by atoms with Crippen LogP contribution in [0.25, 0.3) is 0 Å². The van der Waals surface area contributed by atoms with Crippen LogP contribution in [0.2, 0.25) is 0 Å². The van der Waals surface area contributed by atoms with Crippen molar-refractivity contribution in [3.05, 3.63) is 18.0 Å². The molecule has 16 heavy (non-hydrogen) atoms. The molecule has 0 bridgehead atoms. The van der Waals surface area contributed by atoms with Crippen LogP contribution in [-0.2, 0) is 6.42 Å². The zero-order valence-corrected chi connectivity index (χ0v) is 10.6. The van der Waals surface area contributed by atoms with Gasteiger partial charge in [0.05, 0.1) is 5.69 Å². The zero-order valence-electron chi connectivity index (χ0n) is 10.6. The molecule has 1 aliphatic carbocycles. The highest BCUT2D eigenvalue weighted by atomic mass is 15.3. The molecule has 1 aliphatic rings. The molecular weight excluding hydrogens is 198 g/mol. The Morgan fingerprint density at radius 2 is 2.31 bits per heavy atom. The van der Waals surface area contributed by atoms with Crippen molar-refractivity contribution in [1.82, 2.24) is 15.1 Å². The van der Waals surface area contributed by atoms with E-state index < -0.39 is 0 Å². The van der Waals surface area contributed by atoms with E-state index in [9.17, 15) is 0 Å². The van der Waals surface area contributed by atoms with Gasteiger partial charge in [-0.05, 0) is 52.1 Å². The Hall–Kier alpha value is -0.830. The van der Waals surface area contributed by atoms with Gasteiger partial charge >= 0.3 is 0 Å². The third kappa shape index (κ3) is 2.46. The first-order valence-electron chi connectivity index (χ1n) is 6.42. The van der Waals surface area contributed by atoms with Gasteiger partial charge in [0, 0.05) is 18.3 Å². The Kier molecular flexibility index (Phi) is 3.64. The summed E-state index contributed by atoms with van der Waals surface area (Å²) in [5.41, 5.74) is 1.25. The molecule has 1 saturated carbocycles. The lowest BCUT2D eigenvalue weighted by Gasteiger charge is -2.17. The summed E-state index contributed by atoms with van der Waals surface area (Å²) < 4.78 is 2.05. The van der Waals surface area contributed by atoms with E-state index in [4.69, 9.17) is 0 Å². The summed E-state index contributed by atoms with van der Waals surface area (Å²) in [4.78, 5) is 0. The normalized spacial score (nSPS) is 25.5. The van der Waals surface area contributed by atoms with Crippen LogP contribution < -0.4 is 5.32 Å². The molecule has 2 unspecified atom stereocenters. The topological polar surface area (TPSA) is 29.9 Å². The predicted molar refractivity (Wildman–Crippen MR) is 66.5 cm³/mol. The number of rotatable bonds is 4. The van der Waals surface area contributed by atoms with Gasteiger partial charge in [-0.15, -0.1) is 0 Å². The maximum absolute atomic E-state index is 4.63. The van der Waals surface area contributed by atoms with Gasteiger partial charge in [0.25, 0.3) is 0 Å². The van der Waals surface area contributed by atoms with Crippen LogP contribution in [0.4, 0.5) is 0 Å². The van der Waals surface area contributed by atoms with Gasteiger partial charge in [0.15, 0.2) is 0 Å². The highest BCUT2D eigenvalue weighted by Gasteiger charge is 2.26. The molecule has 0 aliphatic heterocycles. The summed E-state index contributed by atoms with van der Waals surface area (Å²) in [5.74, 6) is 0.778. The van der Waals surface area contributed by atoms with E-state index in [0.717, 1.165) is 12.3 Å². The number of hydrogen-bond acceptors (Lipinski definition) is 2. The molecule has 0 radical (unpaired) electrons. The Bertz CT molecular complexity index is 330. The Balaban J connectivity index is 1.97. The van der Waals surface area contributed by atoms with Crippen molar-refractivity contribution in [1.29, 1.82) is 0 Å². The van der Waals surface area contributed by atoms with Gasteiger partial charge in [0.2, 0.25) is 0 Å². The van der Waals surface area contributed by atoms with Crippen molar-refractivity contribution < 1.29 is 0 Å². The predicted octanol–water partition coefficient (Wildman–Crippen LogP) is 2.39. The highest BCUT2D eigenvalue weighted by Crippen LogP contribution is 2.28. The standard InChI is InChI=1S/C13H23N3/c1-10(2)16-8-7-12(15-16)9-11-5-4-6-13(11)14-3/h7-8,10-11,13-14H,4-6,9H2,1-3H3. The van der Waals surface area contributed by atoms with Crippen LogP contribution >= 0.6 is 0 Å². The Labute approximate surface area is 98.2 Å². The zero-order chi connectivity index (χ0) is 11.5. The Morgan fingerprint density at radius 1 is 1.50 bits per heavy atom. The van der Waals surface area contributed by atoms with Crippen LogP contribution in [0.5, 0.6) is 0 Å². The minimum atomic E-state index is 0.470. The summed E-state index contributed by atoms with van der Waals surface area (Å²) in [7, 11) is 2.08. The van der Waals surface area contributed by atoms with Crippen molar-refractivity contribution in [3.63, 3.8) is 0 Å². The van der Waals surface area contributed by atoms with E-state index in [2.05, 4.69) is 48.3 Å². The molecule has 0 amide bonds. The third-order valence-electron chi connectivity index (χ3n) is 3.69. The SMILES string of the molecule is CNC1CCCC1Cc1ccn(C(C)C)n1. The fourth-order valence-electron chi connectivity index (χ4n) is 2.70. The van der Waals surface area contributed by atoms with Gasteiger partial charge < -0.3 is 5.32 Å². The lowest BCUT2D eigenvalue weighted by atomic mass is 9.98. The minimum absolute atomic E-state index is 0.470. The fraction of sp³-hybridized carbons (Fsp3) is 0.769. The summed E-state index contributed by atoms with van der Waals surface area (Å²) in [6.45, 7) is 4.34. The van der Waals surface area contributed by atoms with Crippen LogP contribution in [0.15, 0.2) is 12.3 Å². The van der Waals surface area contributed by atoms with Crippen molar-refractivity contribution in [2.45, 2.75) is 51.6 Å². The van der Waals surface area contributed by atoms with Gasteiger partial charge in [-0.1, -0.05) is 6.42 Å².